The molecular formula is C16H17FN2O2. The molecule has 4 nitrogen and oxygen atoms in total. The number of anilines is 2. The first-order chi connectivity index (χ1) is 9.95. The third kappa shape index (κ3) is 3.95. The first-order valence-corrected chi connectivity index (χ1v) is 6.55. The van der Waals surface area contributed by atoms with Crippen molar-refractivity contribution in [2.24, 2.45) is 0 Å². The summed E-state index contributed by atoms with van der Waals surface area (Å²) in [5, 5.41) is 2.46. The molecule has 0 heterocycles. The van der Waals surface area contributed by atoms with Gasteiger partial charge < -0.3 is 15.8 Å². The number of halogens is 1. The first kappa shape index (κ1) is 14.8. The zero-order valence-corrected chi connectivity index (χ0v) is 11.9. The number of ether oxygens (including phenoxy) is 1. The minimum Gasteiger partial charge on any atom is -0.481 e. The normalized spacial score (nSPS) is 11.8. The Morgan fingerprint density at radius 2 is 1.90 bits per heavy atom. The van der Waals surface area contributed by atoms with E-state index in [1.807, 2.05) is 19.1 Å². The number of nitrogens with one attached hydrogen (secondary N) is 1. The Morgan fingerprint density at radius 1 is 1.24 bits per heavy atom. The largest absolute Gasteiger partial charge is 0.481 e. The fraction of sp³-hybridized carbons (Fsp3) is 0.188. The van der Waals surface area contributed by atoms with E-state index in [0.29, 0.717) is 11.4 Å². The number of hydrogen-bond donors (Lipinski definition) is 2. The van der Waals surface area contributed by atoms with Gasteiger partial charge in [-0.3, -0.25) is 4.79 Å². The molecule has 2 aromatic rings. The average Bonchev–Trinajstić information content (AvgIpc) is 2.45. The van der Waals surface area contributed by atoms with Crippen LogP contribution >= 0.6 is 0 Å². The Kier molecular flexibility index (Phi) is 4.42. The lowest BCUT2D eigenvalue weighted by Gasteiger charge is -2.15. The van der Waals surface area contributed by atoms with E-state index in [2.05, 4.69) is 5.32 Å². The van der Waals surface area contributed by atoms with E-state index in [4.69, 9.17) is 10.5 Å². The average molecular weight is 288 g/mol. The lowest BCUT2D eigenvalue weighted by atomic mass is 10.2. The van der Waals surface area contributed by atoms with Gasteiger partial charge in [0.15, 0.2) is 6.10 Å². The van der Waals surface area contributed by atoms with Crippen LogP contribution in [0.3, 0.4) is 0 Å². The van der Waals surface area contributed by atoms with Gasteiger partial charge >= 0.3 is 0 Å². The predicted molar refractivity (Wildman–Crippen MR) is 80.7 cm³/mol. The summed E-state index contributed by atoms with van der Waals surface area (Å²) in [5.74, 6) is -0.406. The second-order valence-corrected chi connectivity index (χ2v) is 4.80. The summed E-state index contributed by atoms with van der Waals surface area (Å²) in [6, 6.07) is 11.3. The van der Waals surface area contributed by atoms with Crippen molar-refractivity contribution in [2.75, 3.05) is 11.1 Å². The Hall–Kier alpha value is -2.56. The molecule has 5 heteroatoms. The van der Waals surface area contributed by atoms with Gasteiger partial charge in [0, 0.05) is 5.69 Å². The number of benzene rings is 2. The highest BCUT2D eigenvalue weighted by molar-refractivity contribution is 5.94. The van der Waals surface area contributed by atoms with Gasteiger partial charge in [-0.15, -0.1) is 0 Å². The van der Waals surface area contributed by atoms with Crippen LogP contribution in [0.2, 0.25) is 0 Å². The van der Waals surface area contributed by atoms with Crippen LogP contribution in [0, 0.1) is 12.7 Å². The van der Waals surface area contributed by atoms with Crippen LogP contribution in [-0.4, -0.2) is 12.0 Å². The number of aryl methyl sites for hydroxylation is 1. The molecule has 0 aliphatic heterocycles. The molecule has 2 aromatic carbocycles. The minimum atomic E-state index is -0.756. The number of nitrogens with two attached hydrogens (primary N) is 1. The van der Waals surface area contributed by atoms with Gasteiger partial charge in [0.1, 0.15) is 11.6 Å². The third-order valence-electron chi connectivity index (χ3n) is 2.95. The molecule has 0 aliphatic carbocycles. The van der Waals surface area contributed by atoms with E-state index in [9.17, 15) is 9.18 Å². The maximum atomic E-state index is 13.6. The Bertz CT molecular complexity index is 641. The quantitative estimate of drug-likeness (QED) is 0.850. The summed E-state index contributed by atoms with van der Waals surface area (Å²) < 4.78 is 19.1. The molecule has 0 spiro atoms. The second kappa shape index (κ2) is 6.26. The van der Waals surface area contributed by atoms with Crippen LogP contribution < -0.4 is 15.8 Å². The number of hydrogen-bond acceptors (Lipinski definition) is 3. The molecule has 21 heavy (non-hydrogen) atoms. The summed E-state index contributed by atoms with van der Waals surface area (Å²) in [7, 11) is 0. The third-order valence-corrected chi connectivity index (χ3v) is 2.95. The van der Waals surface area contributed by atoms with Gasteiger partial charge in [-0.1, -0.05) is 17.7 Å². The van der Waals surface area contributed by atoms with Gasteiger partial charge in [0.25, 0.3) is 5.91 Å². The van der Waals surface area contributed by atoms with Gasteiger partial charge in [-0.2, -0.15) is 0 Å². The van der Waals surface area contributed by atoms with Crippen molar-refractivity contribution in [1.29, 1.82) is 0 Å². The van der Waals surface area contributed by atoms with Crippen LogP contribution in [0.5, 0.6) is 5.75 Å². The molecule has 0 bridgehead atoms. The van der Waals surface area contributed by atoms with Crippen molar-refractivity contribution in [2.45, 2.75) is 20.0 Å². The molecule has 0 saturated carbocycles. The van der Waals surface area contributed by atoms with E-state index in [1.165, 1.54) is 18.2 Å². The van der Waals surface area contributed by atoms with Gasteiger partial charge in [-0.25, -0.2) is 4.39 Å². The number of amides is 1. The molecular weight excluding hydrogens is 271 g/mol. The Balaban J connectivity index is 2.02. The summed E-state index contributed by atoms with van der Waals surface area (Å²) in [6.07, 6.45) is -0.756. The van der Waals surface area contributed by atoms with E-state index < -0.39 is 17.8 Å². The van der Waals surface area contributed by atoms with E-state index in [-0.39, 0.29) is 5.69 Å². The highest BCUT2D eigenvalue weighted by Gasteiger charge is 2.16. The SMILES string of the molecule is Cc1ccc(O[C@H](C)C(=O)Nc2cc(N)ccc2F)cc1. The predicted octanol–water partition coefficient (Wildman–Crippen LogP) is 3.12. The number of nitrogen functional groups attached to an aromatic ring is 1. The lowest BCUT2D eigenvalue weighted by Crippen LogP contribution is -2.30. The highest BCUT2D eigenvalue weighted by atomic mass is 19.1. The fourth-order valence-corrected chi connectivity index (χ4v) is 1.75. The molecule has 2 rings (SSSR count). The van der Waals surface area contributed by atoms with Crippen LogP contribution in [0.15, 0.2) is 42.5 Å². The Morgan fingerprint density at radius 3 is 2.57 bits per heavy atom. The highest BCUT2D eigenvalue weighted by Crippen LogP contribution is 2.19. The lowest BCUT2D eigenvalue weighted by molar-refractivity contribution is -0.122. The van der Waals surface area contributed by atoms with Crippen LogP contribution in [0.4, 0.5) is 15.8 Å². The topological polar surface area (TPSA) is 64.3 Å². The molecule has 0 fully saturated rings. The summed E-state index contributed by atoms with van der Waals surface area (Å²) in [5.41, 5.74) is 7.08. The fourth-order valence-electron chi connectivity index (χ4n) is 1.75. The van der Waals surface area contributed by atoms with Crippen LogP contribution in [0.25, 0.3) is 0 Å². The maximum absolute atomic E-state index is 13.6. The maximum Gasteiger partial charge on any atom is 0.265 e. The van der Waals surface area contributed by atoms with Crippen LogP contribution in [0.1, 0.15) is 12.5 Å². The smallest absolute Gasteiger partial charge is 0.265 e. The van der Waals surface area contributed by atoms with Crippen molar-refractivity contribution in [3.8, 4) is 5.75 Å². The van der Waals surface area contributed by atoms with Gasteiger partial charge in [-0.05, 0) is 44.2 Å². The minimum absolute atomic E-state index is 0.0411. The van der Waals surface area contributed by atoms with Crippen molar-refractivity contribution in [3.63, 3.8) is 0 Å². The van der Waals surface area contributed by atoms with Crippen molar-refractivity contribution < 1.29 is 13.9 Å². The van der Waals surface area contributed by atoms with E-state index in [0.717, 1.165) is 5.56 Å². The van der Waals surface area contributed by atoms with Gasteiger partial charge in [0.05, 0.1) is 5.69 Å². The summed E-state index contributed by atoms with van der Waals surface area (Å²) >= 11 is 0. The second-order valence-electron chi connectivity index (χ2n) is 4.80. The molecule has 1 amide bonds. The standard InChI is InChI=1S/C16H17FN2O2/c1-10-3-6-13(7-4-10)21-11(2)16(20)19-15-9-12(18)5-8-14(15)17/h3-9,11H,18H2,1-2H3,(H,19,20)/t11-/m1/s1. The van der Waals surface area contributed by atoms with Crippen molar-refractivity contribution in [1.82, 2.24) is 0 Å². The molecule has 0 aliphatic rings. The zero-order valence-electron chi connectivity index (χ0n) is 11.9. The van der Waals surface area contributed by atoms with Crippen LogP contribution in [-0.2, 0) is 4.79 Å². The summed E-state index contributed by atoms with van der Waals surface area (Å²) in [4.78, 5) is 12.0. The molecule has 0 unspecified atom stereocenters. The van der Waals surface area contributed by atoms with Gasteiger partial charge in [0.2, 0.25) is 0 Å². The molecule has 3 N–H and O–H groups in total. The van der Waals surface area contributed by atoms with Crippen molar-refractivity contribution >= 4 is 17.3 Å². The molecule has 110 valence electrons. The number of rotatable bonds is 4. The summed E-state index contributed by atoms with van der Waals surface area (Å²) in [6.45, 7) is 3.56. The Labute approximate surface area is 122 Å². The first-order valence-electron chi connectivity index (χ1n) is 6.55. The number of carbonyl (C=O) groups is 1. The van der Waals surface area contributed by atoms with E-state index in [1.54, 1.807) is 19.1 Å². The van der Waals surface area contributed by atoms with E-state index >= 15 is 0 Å². The molecule has 0 aromatic heterocycles. The molecule has 1 atom stereocenters. The molecule has 0 radical (unpaired) electrons. The number of carbonyl (C=O) groups excluding carboxylic acids is 1. The molecule has 0 saturated heterocycles. The van der Waals surface area contributed by atoms with Crippen molar-refractivity contribution in [3.05, 3.63) is 53.8 Å². The monoisotopic (exact) mass is 288 g/mol. The zero-order chi connectivity index (χ0) is 15.4.